The lowest BCUT2D eigenvalue weighted by molar-refractivity contribution is -0.161. The van der Waals surface area contributed by atoms with E-state index in [1.807, 2.05) is 12.2 Å². The number of aliphatic hydroxyl groups is 1. The number of hydrogen-bond acceptors (Lipinski definition) is 7. The van der Waals surface area contributed by atoms with Crippen molar-refractivity contribution in [1.82, 2.24) is 0 Å². The Labute approximate surface area is 258 Å². The number of carbonyl (C=O) groups is 2. The van der Waals surface area contributed by atoms with Crippen LogP contribution in [0.4, 0.5) is 0 Å². The third-order valence-corrected chi connectivity index (χ3v) is 6.34. The van der Waals surface area contributed by atoms with Crippen LogP contribution >= 0.6 is 7.82 Å². The Hall–Kier alpha value is -2.55. The van der Waals surface area contributed by atoms with Gasteiger partial charge in [-0.05, 0) is 44.9 Å². The van der Waals surface area contributed by atoms with E-state index in [1.165, 1.54) is 0 Å². The highest BCUT2D eigenvalue weighted by Gasteiger charge is 2.23. The maximum atomic E-state index is 12.2. The van der Waals surface area contributed by atoms with Crippen LogP contribution in [-0.2, 0) is 28.2 Å². The molecule has 9 nitrogen and oxygen atoms in total. The second-order valence-electron chi connectivity index (χ2n) is 9.90. The summed E-state index contributed by atoms with van der Waals surface area (Å²) in [4.78, 5) is 42.1. The van der Waals surface area contributed by atoms with Crippen molar-refractivity contribution in [2.45, 2.75) is 110 Å². The van der Waals surface area contributed by atoms with Crippen molar-refractivity contribution >= 4 is 19.8 Å². The Morgan fingerprint density at radius 1 is 0.721 bits per heavy atom. The van der Waals surface area contributed by atoms with E-state index in [1.54, 1.807) is 12.2 Å². The fraction of sp³-hybridized carbons (Fsp3) is 0.576. The van der Waals surface area contributed by atoms with Gasteiger partial charge in [-0.15, -0.1) is 0 Å². The van der Waals surface area contributed by atoms with Crippen molar-refractivity contribution < 1.29 is 43.0 Å². The third-order valence-electron chi connectivity index (χ3n) is 5.86. The second-order valence-corrected chi connectivity index (χ2v) is 11.1. The van der Waals surface area contributed by atoms with Crippen molar-refractivity contribution in [1.29, 1.82) is 0 Å². The van der Waals surface area contributed by atoms with Gasteiger partial charge in [0.1, 0.15) is 6.61 Å². The summed E-state index contributed by atoms with van der Waals surface area (Å²) in [5, 5.41) is 10.1. The molecule has 0 rings (SSSR count). The predicted octanol–water partition coefficient (Wildman–Crippen LogP) is 7.36. The van der Waals surface area contributed by atoms with Crippen LogP contribution in [0.25, 0.3) is 0 Å². The predicted molar refractivity (Wildman–Crippen MR) is 171 cm³/mol. The number of allylic oxidation sites excluding steroid dienone is 11. The molecule has 0 bridgehead atoms. The highest BCUT2D eigenvalue weighted by Crippen LogP contribution is 2.35. The van der Waals surface area contributed by atoms with E-state index < -0.39 is 38.6 Å². The zero-order valence-electron chi connectivity index (χ0n) is 25.9. The highest BCUT2D eigenvalue weighted by atomic mass is 31.2. The molecule has 1 unspecified atom stereocenters. The summed E-state index contributed by atoms with van der Waals surface area (Å²) in [5.74, 6) is -1.19. The number of ether oxygens (including phenoxy) is 2. The largest absolute Gasteiger partial charge is 0.469 e. The van der Waals surface area contributed by atoms with Gasteiger partial charge in [-0.3, -0.25) is 14.1 Å². The summed E-state index contributed by atoms with van der Waals surface area (Å²) in [6.45, 7) is 3.20. The number of rotatable bonds is 26. The second kappa shape index (κ2) is 28.2. The zero-order valence-corrected chi connectivity index (χ0v) is 26.8. The van der Waals surface area contributed by atoms with Gasteiger partial charge < -0.3 is 24.4 Å². The molecule has 0 aliphatic carbocycles. The van der Waals surface area contributed by atoms with Crippen LogP contribution in [0.3, 0.4) is 0 Å². The normalized spacial score (nSPS) is 14.3. The van der Waals surface area contributed by atoms with E-state index in [0.29, 0.717) is 6.42 Å². The Kier molecular flexibility index (Phi) is 26.6. The Morgan fingerprint density at radius 3 is 1.88 bits per heavy atom. The quantitative estimate of drug-likeness (QED) is 0.0296. The summed E-state index contributed by atoms with van der Waals surface area (Å²) in [7, 11) is -4.80. The van der Waals surface area contributed by atoms with Crippen LogP contribution in [-0.4, -0.2) is 52.3 Å². The van der Waals surface area contributed by atoms with E-state index >= 15 is 0 Å². The average molecular weight is 625 g/mol. The lowest BCUT2D eigenvalue weighted by atomic mass is 10.1. The topological polar surface area (TPSA) is 140 Å². The van der Waals surface area contributed by atoms with Gasteiger partial charge in [-0.25, -0.2) is 4.57 Å². The fourth-order valence-corrected chi connectivity index (χ4v) is 3.90. The monoisotopic (exact) mass is 624 g/mol. The SMILES string of the molecule is CC/C=C\C/C=C\C/C=C\C/C=C\C/C=C\C=C/C(O)CCC(=O)O[C@H](COC(=O)CCCCCCC)COP(=O)(O)O. The maximum Gasteiger partial charge on any atom is 0.469 e. The molecule has 0 heterocycles. The van der Waals surface area contributed by atoms with Crippen LogP contribution in [0.2, 0.25) is 0 Å². The number of carbonyl (C=O) groups excluding carboxylic acids is 2. The maximum absolute atomic E-state index is 12.2. The summed E-state index contributed by atoms with van der Waals surface area (Å²) < 4.78 is 25.8. The molecule has 2 atom stereocenters. The average Bonchev–Trinajstić information content (AvgIpc) is 2.96. The van der Waals surface area contributed by atoms with E-state index in [0.717, 1.165) is 57.8 Å². The van der Waals surface area contributed by atoms with Gasteiger partial charge in [0.15, 0.2) is 6.10 Å². The number of hydrogen-bond donors (Lipinski definition) is 3. The first-order chi connectivity index (χ1) is 20.7. The van der Waals surface area contributed by atoms with Crippen molar-refractivity contribution in [2.24, 2.45) is 0 Å². The summed E-state index contributed by atoms with van der Waals surface area (Å²) >= 11 is 0. The van der Waals surface area contributed by atoms with Gasteiger partial charge in [0.25, 0.3) is 0 Å². The third kappa shape index (κ3) is 30.7. The molecule has 244 valence electrons. The zero-order chi connectivity index (χ0) is 32.0. The summed E-state index contributed by atoms with van der Waals surface area (Å²) in [6, 6.07) is 0. The molecule has 0 amide bonds. The number of phosphoric acid groups is 1. The van der Waals surface area contributed by atoms with Crippen molar-refractivity contribution in [2.75, 3.05) is 13.2 Å². The number of phosphoric ester groups is 1. The molecule has 0 aromatic heterocycles. The van der Waals surface area contributed by atoms with E-state index in [9.17, 15) is 19.3 Å². The molecule has 10 heteroatoms. The summed E-state index contributed by atoms with van der Waals surface area (Å²) in [5.41, 5.74) is 0. The lowest BCUT2D eigenvalue weighted by Crippen LogP contribution is -2.29. The van der Waals surface area contributed by atoms with E-state index in [-0.39, 0.29) is 25.9 Å². The highest BCUT2D eigenvalue weighted by molar-refractivity contribution is 7.46. The molecule has 0 saturated carbocycles. The van der Waals surface area contributed by atoms with E-state index in [4.69, 9.17) is 19.3 Å². The number of unbranched alkanes of at least 4 members (excludes halogenated alkanes) is 4. The molecule has 43 heavy (non-hydrogen) atoms. The first-order valence-corrected chi connectivity index (χ1v) is 16.9. The molecule has 0 aliphatic rings. The van der Waals surface area contributed by atoms with Crippen LogP contribution in [0, 0.1) is 0 Å². The molecule has 0 aliphatic heterocycles. The standard InChI is InChI=1S/C33H53O9P/c1-3-5-7-9-10-11-12-13-14-15-16-17-18-19-21-22-24-30(34)26-27-33(36)42-31(29-41-43(37,38)39)28-40-32(35)25-23-20-8-6-4-2/h5,7,10-11,13-14,16-17,19,21-22,24,30-31,34H,3-4,6,8-9,12,15,18,20,23,25-29H2,1-2H3,(H2,37,38,39)/b7-5-,11-10-,14-13-,17-16-,21-19-,24-22-/t30?,31-/m1/s1. The smallest absolute Gasteiger partial charge is 0.462 e. The number of aliphatic hydroxyl groups excluding tert-OH is 1. The van der Waals surface area contributed by atoms with Crippen LogP contribution in [0.1, 0.15) is 97.3 Å². The number of esters is 2. The summed E-state index contributed by atoms with van der Waals surface area (Å²) in [6.07, 6.45) is 31.6. The van der Waals surface area contributed by atoms with Crippen LogP contribution in [0.5, 0.6) is 0 Å². The first-order valence-electron chi connectivity index (χ1n) is 15.3. The van der Waals surface area contributed by atoms with Gasteiger partial charge >= 0.3 is 19.8 Å². The van der Waals surface area contributed by atoms with Crippen molar-refractivity contribution in [3.63, 3.8) is 0 Å². The molecule has 0 aromatic carbocycles. The Balaban J connectivity index is 4.32. The van der Waals surface area contributed by atoms with Crippen LogP contribution in [0.15, 0.2) is 72.9 Å². The minimum atomic E-state index is -4.80. The molecule has 0 fully saturated rings. The van der Waals surface area contributed by atoms with Gasteiger partial charge in [-0.1, -0.05) is 112 Å². The minimum Gasteiger partial charge on any atom is -0.462 e. The van der Waals surface area contributed by atoms with Crippen molar-refractivity contribution in [3.05, 3.63) is 72.9 Å². The molecular formula is C33H53O9P. The van der Waals surface area contributed by atoms with Crippen molar-refractivity contribution in [3.8, 4) is 0 Å². The Morgan fingerprint density at radius 2 is 1.30 bits per heavy atom. The van der Waals surface area contributed by atoms with Gasteiger partial charge in [0.05, 0.1) is 12.7 Å². The molecular weight excluding hydrogens is 571 g/mol. The molecule has 0 saturated heterocycles. The first kappa shape index (κ1) is 40.5. The van der Waals surface area contributed by atoms with Crippen LogP contribution < -0.4 is 0 Å². The fourth-order valence-electron chi connectivity index (χ4n) is 3.54. The molecule has 0 aromatic rings. The Bertz CT molecular complexity index is 944. The molecule has 0 radical (unpaired) electrons. The lowest BCUT2D eigenvalue weighted by Gasteiger charge is -2.18. The molecule has 3 N–H and O–H groups in total. The van der Waals surface area contributed by atoms with Gasteiger partial charge in [0, 0.05) is 12.8 Å². The van der Waals surface area contributed by atoms with Gasteiger partial charge in [0.2, 0.25) is 0 Å². The molecule has 0 spiro atoms. The minimum absolute atomic E-state index is 0.0870. The van der Waals surface area contributed by atoms with E-state index in [2.05, 4.69) is 67.0 Å². The van der Waals surface area contributed by atoms with Gasteiger partial charge in [-0.2, -0.15) is 0 Å².